The van der Waals surface area contributed by atoms with E-state index in [4.69, 9.17) is 0 Å². The van der Waals surface area contributed by atoms with E-state index >= 15 is 0 Å². The standard InChI is InChI=1S/C31H28F3NO2/c32-14-3-15-35-18-21(19-35)16-20-8-10-22(11-9-20)29-25-13-12-24(31(36)37)17-23(25)4-1-5-26(29)27-6-2-7-28(33)30(27)34/h2,6-13,16-17H,1,3-5,14-15,18-19H2,(H,36,37). The maximum Gasteiger partial charge on any atom is 0.335 e. The van der Waals surface area contributed by atoms with Crippen LogP contribution in [-0.2, 0) is 6.42 Å². The van der Waals surface area contributed by atoms with Gasteiger partial charge in [0.25, 0.3) is 0 Å². The van der Waals surface area contributed by atoms with Crippen molar-refractivity contribution in [1.82, 2.24) is 4.90 Å². The van der Waals surface area contributed by atoms with Crippen LogP contribution < -0.4 is 0 Å². The summed E-state index contributed by atoms with van der Waals surface area (Å²) in [5.41, 5.74) is 6.88. The number of carboxylic acid groups (broad SMARTS) is 1. The molecule has 3 nitrogen and oxygen atoms in total. The summed E-state index contributed by atoms with van der Waals surface area (Å²) in [4.78, 5) is 13.8. The van der Waals surface area contributed by atoms with Crippen LogP contribution in [0.15, 0.2) is 66.2 Å². The molecule has 0 aromatic heterocycles. The molecule has 3 aromatic carbocycles. The molecule has 0 saturated carbocycles. The summed E-state index contributed by atoms with van der Waals surface area (Å²) in [6.07, 6.45) is 4.56. The Morgan fingerprint density at radius 1 is 0.973 bits per heavy atom. The molecule has 1 fully saturated rings. The normalized spacial score (nSPS) is 15.7. The number of allylic oxidation sites excluding steroid dienone is 1. The number of aromatic carboxylic acids is 1. The van der Waals surface area contributed by atoms with E-state index < -0.39 is 17.6 Å². The molecule has 0 atom stereocenters. The van der Waals surface area contributed by atoms with Gasteiger partial charge in [0.15, 0.2) is 11.6 Å². The number of hydrogen-bond acceptors (Lipinski definition) is 2. The molecule has 0 amide bonds. The van der Waals surface area contributed by atoms with Crippen LogP contribution in [0, 0.1) is 11.6 Å². The van der Waals surface area contributed by atoms with Gasteiger partial charge in [-0.25, -0.2) is 13.6 Å². The van der Waals surface area contributed by atoms with Crippen molar-refractivity contribution in [2.75, 3.05) is 26.3 Å². The summed E-state index contributed by atoms with van der Waals surface area (Å²) in [5.74, 6) is -2.76. The summed E-state index contributed by atoms with van der Waals surface area (Å²) in [6.45, 7) is 2.16. The lowest BCUT2D eigenvalue weighted by Gasteiger charge is -2.33. The molecular weight excluding hydrogens is 475 g/mol. The average molecular weight is 504 g/mol. The number of carbonyl (C=O) groups is 1. The highest BCUT2D eigenvalue weighted by molar-refractivity contribution is 6.00. The Bertz CT molecular complexity index is 1380. The molecule has 6 heteroatoms. The molecule has 1 aliphatic heterocycles. The van der Waals surface area contributed by atoms with Gasteiger partial charge in [0, 0.05) is 25.2 Å². The minimum Gasteiger partial charge on any atom is -0.478 e. The van der Waals surface area contributed by atoms with E-state index in [0.717, 1.165) is 53.5 Å². The van der Waals surface area contributed by atoms with Gasteiger partial charge in [0.05, 0.1) is 12.2 Å². The lowest BCUT2D eigenvalue weighted by molar-refractivity contribution is 0.0696. The SMILES string of the molecule is O=C(O)c1ccc2c(c1)CCCC(c1cccc(F)c1F)=C2c1ccc(C=C2CN(CCCF)C2)cc1. The minimum atomic E-state index is -0.995. The Balaban J connectivity index is 1.56. The number of hydrogen-bond donors (Lipinski definition) is 1. The molecule has 0 unspecified atom stereocenters. The Morgan fingerprint density at radius 2 is 1.76 bits per heavy atom. The molecule has 37 heavy (non-hydrogen) atoms. The summed E-state index contributed by atoms with van der Waals surface area (Å²) in [7, 11) is 0. The van der Waals surface area contributed by atoms with Crippen LogP contribution in [0.25, 0.3) is 17.2 Å². The molecule has 1 N–H and O–H groups in total. The van der Waals surface area contributed by atoms with E-state index in [1.54, 1.807) is 24.3 Å². The fraction of sp³-hybridized carbons (Fsp3) is 0.258. The average Bonchev–Trinajstić information content (AvgIpc) is 3.06. The van der Waals surface area contributed by atoms with E-state index in [0.29, 0.717) is 31.3 Å². The van der Waals surface area contributed by atoms with Crippen LogP contribution in [0.1, 0.15) is 57.4 Å². The third-order valence-electron chi connectivity index (χ3n) is 7.10. The number of benzene rings is 3. The lowest BCUT2D eigenvalue weighted by atomic mass is 9.86. The summed E-state index contributed by atoms with van der Waals surface area (Å²) in [5, 5.41) is 9.49. The van der Waals surface area contributed by atoms with Crippen molar-refractivity contribution in [2.45, 2.75) is 25.7 Å². The Kier molecular flexibility index (Phi) is 7.28. The minimum absolute atomic E-state index is 0.210. The predicted molar refractivity (Wildman–Crippen MR) is 140 cm³/mol. The van der Waals surface area contributed by atoms with Crippen molar-refractivity contribution in [2.24, 2.45) is 0 Å². The number of rotatable bonds is 7. The van der Waals surface area contributed by atoms with Gasteiger partial charge >= 0.3 is 5.97 Å². The van der Waals surface area contributed by atoms with E-state index in [-0.39, 0.29) is 17.8 Å². The van der Waals surface area contributed by atoms with Crippen molar-refractivity contribution >= 4 is 23.2 Å². The van der Waals surface area contributed by atoms with Crippen LogP contribution in [0.3, 0.4) is 0 Å². The van der Waals surface area contributed by atoms with Crippen LogP contribution in [0.4, 0.5) is 13.2 Å². The molecule has 190 valence electrons. The van der Waals surface area contributed by atoms with Gasteiger partial charge in [-0.3, -0.25) is 9.29 Å². The van der Waals surface area contributed by atoms with Crippen molar-refractivity contribution in [3.8, 4) is 0 Å². The van der Waals surface area contributed by atoms with Crippen molar-refractivity contribution < 1.29 is 23.1 Å². The second-order valence-corrected chi connectivity index (χ2v) is 9.66. The van der Waals surface area contributed by atoms with Gasteiger partial charge in [0.2, 0.25) is 0 Å². The van der Waals surface area contributed by atoms with Gasteiger partial charge in [-0.1, -0.05) is 48.5 Å². The molecule has 0 spiro atoms. The van der Waals surface area contributed by atoms with Crippen LogP contribution in [0.2, 0.25) is 0 Å². The Morgan fingerprint density at radius 3 is 2.49 bits per heavy atom. The predicted octanol–water partition coefficient (Wildman–Crippen LogP) is 7.02. The third kappa shape index (κ3) is 5.25. The number of alkyl halides is 1. The highest BCUT2D eigenvalue weighted by atomic mass is 19.2. The molecule has 0 bridgehead atoms. The second kappa shape index (κ2) is 10.8. The zero-order valence-corrected chi connectivity index (χ0v) is 20.4. The first kappa shape index (κ1) is 25.0. The molecule has 1 heterocycles. The molecule has 3 aromatic rings. The van der Waals surface area contributed by atoms with Gasteiger partial charge in [-0.15, -0.1) is 0 Å². The third-order valence-corrected chi connectivity index (χ3v) is 7.10. The van der Waals surface area contributed by atoms with Crippen LogP contribution in [0.5, 0.6) is 0 Å². The van der Waals surface area contributed by atoms with Crippen molar-refractivity contribution in [1.29, 1.82) is 0 Å². The van der Waals surface area contributed by atoms with Gasteiger partial charge in [-0.05, 0) is 82.9 Å². The maximum absolute atomic E-state index is 15.0. The van der Waals surface area contributed by atoms with Crippen LogP contribution in [-0.4, -0.2) is 42.3 Å². The van der Waals surface area contributed by atoms with Gasteiger partial charge in [-0.2, -0.15) is 0 Å². The van der Waals surface area contributed by atoms with Crippen molar-refractivity contribution in [3.05, 3.63) is 111 Å². The molecule has 5 rings (SSSR count). The molecule has 1 saturated heterocycles. The topological polar surface area (TPSA) is 40.5 Å². The van der Waals surface area contributed by atoms with E-state index in [1.165, 1.54) is 11.6 Å². The summed E-state index contributed by atoms with van der Waals surface area (Å²) in [6, 6.07) is 17.3. The van der Waals surface area contributed by atoms with Crippen LogP contribution >= 0.6 is 0 Å². The summed E-state index contributed by atoms with van der Waals surface area (Å²) < 4.78 is 41.6. The Hall–Kier alpha value is -3.64. The highest BCUT2D eigenvalue weighted by Gasteiger charge is 2.24. The summed E-state index contributed by atoms with van der Waals surface area (Å²) >= 11 is 0. The van der Waals surface area contributed by atoms with E-state index in [9.17, 15) is 23.1 Å². The number of aryl methyl sites for hydroxylation is 1. The van der Waals surface area contributed by atoms with E-state index in [1.807, 2.05) is 24.3 Å². The molecule has 0 radical (unpaired) electrons. The number of carboxylic acids is 1. The first-order valence-corrected chi connectivity index (χ1v) is 12.6. The molecule has 2 aliphatic rings. The highest BCUT2D eigenvalue weighted by Crippen LogP contribution is 2.41. The fourth-order valence-corrected chi connectivity index (χ4v) is 5.30. The number of halogens is 3. The molecule has 1 aliphatic carbocycles. The number of likely N-dealkylation sites (tertiary alicyclic amines) is 1. The monoisotopic (exact) mass is 503 g/mol. The Labute approximate surface area is 214 Å². The zero-order valence-electron chi connectivity index (χ0n) is 20.4. The quantitative estimate of drug-likeness (QED) is 0.377. The second-order valence-electron chi connectivity index (χ2n) is 9.66. The lowest BCUT2D eigenvalue weighted by Crippen LogP contribution is -2.40. The number of nitrogens with zero attached hydrogens (tertiary/aromatic N) is 1. The van der Waals surface area contributed by atoms with Gasteiger partial charge < -0.3 is 5.11 Å². The first-order chi connectivity index (χ1) is 17.9. The molecular formula is C31H28F3NO2. The van der Waals surface area contributed by atoms with Gasteiger partial charge in [0.1, 0.15) is 0 Å². The van der Waals surface area contributed by atoms with Crippen molar-refractivity contribution in [3.63, 3.8) is 0 Å². The largest absolute Gasteiger partial charge is 0.478 e. The smallest absolute Gasteiger partial charge is 0.335 e. The first-order valence-electron chi connectivity index (χ1n) is 12.6. The number of fused-ring (bicyclic) bond motifs is 1. The fourth-order valence-electron chi connectivity index (χ4n) is 5.30. The zero-order chi connectivity index (χ0) is 25.9. The maximum atomic E-state index is 15.0. The van der Waals surface area contributed by atoms with E-state index in [2.05, 4.69) is 11.0 Å².